The Hall–Kier alpha value is -5.70. The van der Waals surface area contributed by atoms with E-state index >= 15 is 0 Å². The summed E-state index contributed by atoms with van der Waals surface area (Å²) in [6.45, 7) is 7.79. The predicted octanol–water partition coefficient (Wildman–Crippen LogP) is 1.10. The summed E-state index contributed by atoms with van der Waals surface area (Å²) in [6, 6.07) is 0. The highest BCUT2D eigenvalue weighted by atomic mass is 16.8. The highest BCUT2D eigenvalue weighted by Crippen LogP contribution is 2.38. The number of esters is 9. The first kappa shape index (κ1) is 56.6. The Bertz CT molecular complexity index is 1830. The van der Waals surface area contributed by atoms with Crippen molar-refractivity contribution < 1.29 is 114 Å². The van der Waals surface area contributed by atoms with Crippen molar-refractivity contribution in [2.75, 3.05) is 33.0 Å². The van der Waals surface area contributed by atoms with Crippen LogP contribution in [0.2, 0.25) is 0 Å². The van der Waals surface area contributed by atoms with Crippen LogP contribution in [0, 0.1) is 0 Å². The minimum atomic E-state index is -1.87. The van der Waals surface area contributed by atoms with Crippen LogP contribution in [0.25, 0.3) is 10.4 Å². The topological polar surface area (TPSA) is 341 Å². The van der Waals surface area contributed by atoms with Crippen molar-refractivity contribution in [1.29, 1.82) is 0 Å². The molecule has 0 unspecified atom stereocenters. The number of unbranched alkanes of at least 4 members (excludes halogenated alkanes) is 3. The van der Waals surface area contributed by atoms with Gasteiger partial charge < -0.3 is 71.1 Å². The third kappa shape index (κ3) is 18.4. The number of hydrogen-bond acceptors (Lipinski definition) is 25. The second kappa shape index (κ2) is 28.0. The molecule has 0 aromatic carbocycles. The van der Waals surface area contributed by atoms with Gasteiger partial charge in [0.05, 0.1) is 0 Å². The molecule has 3 aliphatic heterocycles. The van der Waals surface area contributed by atoms with Crippen LogP contribution >= 0.6 is 0 Å². The SMILES string of the molecule is CC(=O)OC[C@H]1O[C@H](O[C@@H]2[C@@H](OCCCCCCN=[N+]=[N-])O[C@H](COC(C)=O)[C@H]2O[C@H]2O[C@H](COC(C)=O)[C@@H](OC(C)=O)[C@H](OC(C)=O)[C@@H]2OC(C)=O)[C@@H](OC(C)=O)[C@@H](OC(C)=O)[C@@H]1OC(C)=O. The van der Waals surface area contributed by atoms with Crippen molar-refractivity contribution in [3.63, 3.8) is 0 Å². The van der Waals surface area contributed by atoms with Gasteiger partial charge in [-0.15, -0.1) is 0 Å². The van der Waals surface area contributed by atoms with E-state index in [2.05, 4.69) is 10.0 Å². The molecule has 0 N–H and O–H groups in total. The number of rotatable bonds is 24. The molecule has 3 saturated heterocycles. The fraction of sp³-hybridized carbons (Fsp3) is 0.780. The monoisotopic (exact) mass is 977 g/mol. The number of hydrogen-bond donors (Lipinski definition) is 0. The first-order chi connectivity index (χ1) is 32.1. The van der Waals surface area contributed by atoms with E-state index < -0.39 is 160 Å². The third-order valence-electron chi connectivity index (χ3n) is 9.69. The highest BCUT2D eigenvalue weighted by Gasteiger charge is 2.59. The minimum Gasteiger partial charge on any atom is -0.463 e. The molecule has 3 aliphatic rings. The maximum Gasteiger partial charge on any atom is 0.303 e. The van der Waals surface area contributed by atoms with Crippen LogP contribution in [-0.4, -0.2) is 173 Å². The van der Waals surface area contributed by atoms with E-state index in [1.165, 1.54) is 0 Å². The number of ether oxygens (including phenoxy) is 15. The lowest BCUT2D eigenvalue weighted by Gasteiger charge is -2.46. The maximum atomic E-state index is 12.7. The van der Waals surface area contributed by atoms with Gasteiger partial charge in [-0.25, -0.2) is 0 Å². The van der Waals surface area contributed by atoms with Crippen LogP contribution in [0.3, 0.4) is 0 Å². The molecule has 27 nitrogen and oxygen atoms in total. The summed E-state index contributed by atoms with van der Waals surface area (Å²) in [6.07, 6.45) is -20.8. The Labute approximate surface area is 390 Å². The maximum absolute atomic E-state index is 12.7. The Morgan fingerprint density at radius 2 is 0.750 bits per heavy atom. The number of nitrogens with zero attached hydrogens (tertiary/aromatic N) is 3. The Kier molecular flexibility index (Phi) is 23.3. The van der Waals surface area contributed by atoms with E-state index in [1.54, 1.807) is 0 Å². The van der Waals surface area contributed by atoms with Crippen molar-refractivity contribution in [3.05, 3.63) is 10.4 Å². The van der Waals surface area contributed by atoms with Crippen LogP contribution in [0.4, 0.5) is 0 Å². The minimum absolute atomic E-state index is 0.0311. The second-order valence-corrected chi connectivity index (χ2v) is 15.4. The van der Waals surface area contributed by atoms with Crippen LogP contribution in [0.5, 0.6) is 0 Å². The van der Waals surface area contributed by atoms with Gasteiger partial charge in [-0.2, -0.15) is 0 Å². The summed E-state index contributed by atoms with van der Waals surface area (Å²) in [7, 11) is 0. The number of azide groups is 1. The van der Waals surface area contributed by atoms with Crippen LogP contribution in [-0.2, 0) is 114 Å². The summed E-state index contributed by atoms with van der Waals surface area (Å²) in [5.41, 5.74) is 8.60. The standard InChI is InChI=1S/C41H59N3O24/c1-19(45)55-16-28-31(58-22(4)48)34(60-24(6)50)37(62-26(8)52)40(65-28)67-33-30(18-57-21(3)47)64-39(54-15-13-11-10-12-14-43-44-42)36(33)68-41-38(63-27(9)53)35(61-25(7)51)32(59-23(5)49)29(66-41)17-56-20(2)46/h28-41H,10-18H2,1-9H3/t28-,29-,30-,31-,32-,33-,34+,35+,36+,37+,38+,39+,40-,41-/m1/s1. The molecule has 0 amide bonds. The molecule has 0 aromatic heterocycles. The Morgan fingerprint density at radius 1 is 0.412 bits per heavy atom. The molecule has 0 aromatic rings. The molecule has 0 radical (unpaired) electrons. The van der Waals surface area contributed by atoms with Crippen molar-refractivity contribution in [2.24, 2.45) is 5.11 Å². The normalized spacial score (nSPS) is 29.7. The molecule has 3 heterocycles. The van der Waals surface area contributed by atoms with Crippen molar-refractivity contribution in [3.8, 4) is 0 Å². The quantitative estimate of drug-likeness (QED) is 0.0326. The first-order valence-corrected chi connectivity index (χ1v) is 21.4. The van der Waals surface area contributed by atoms with E-state index in [9.17, 15) is 43.2 Å². The van der Waals surface area contributed by atoms with E-state index in [1.807, 2.05) is 0 Å². The molecule has 382 valence electrons. The number of carbonyl (C=O) groups is 9. The van der Waals surface area contributed by atoms with E-state index in [0.717, 1.165) is 62.3 Å². The molecular formula is C41H59N3O24. The molecular weight excluding hydrogens is 918 g/mol. The smallest absolute Gasteiger partial charge is 0.303 e. The molecule has 0 aliphatic carbocycles. The van der Waals surface area contributed by atoms with Gasteiger partial charge in [0.1, 0.15) is 50.3 Å². The predicted molar refractivity (Wildman–Crippen MR) is 217 cm³/mol. The summed E-state index contributed by atoms with van der Waals surface area (Å²) in [5, 5.41) is 3.52. The van der Waals surface area contributed by atoms with Gasteiger partial charge in [0.2, 0.25) is 0 Å². The molecule has 27 heteroatoms. The van der Waals surface area contributed by atoms with Gasteiger partial charge in [-0.05, 0) is 18.4 Å². The lowest BCUT2D eigenvalue weighted by atomic mass is 9.97. The van der Waals surface area contributed by atoms with Gasteiger partial charge in [0.15, 0.2) is 55.5 Å². The summed E-state index contributed by atoms with van der Waals surface area (Å²) < 4.78 is 87.0. The third-order valence-corrected chi connectivity index (χ3v) is 9.69. The fourth-order valence-electron chi connectivity index (χ4n) is 7.26. The summed E-state index contributed by atoms with van der Waals surface area (Å²) in [5.74, 6) is -7.96. The molecule has 68 heavy (non-hydrogen) atoms. The van der Waals surface area contributed by atoms with Gasteiger partial charge in [0.25, 0.3) is 0 Å². The molecule has 0 spiro atoms. The van der Waals surface area contributed by atoms with Gasteiger partial charge in [-0.3, -0.25) is 43.2 Å². The molecule has 3 rings (SSSR count). The van der Waals surface area contributed by atoms with Crippen LogP contribution in [0.15, 0.2) is 5.11 Å². The van der Waals surface area contributed by atoms with E-state index in [-0.39, 0.29) is 13.2 Å². The largest absolute Gasteiger partial charge is 0.463 e. The summed E-state index contributed by atoms with van der Waals surface area (Å²) >= 11 is 0. The zero-order chi connectivity index (χ0) is 50.7. The second-order valence-electron chi connectivity index (χ2n) is 15.4. The van der Waals surface area contributed by atoms with Crippen LogP contribution in [0.1, 0.15) is 88.0 Å². The van der Waals surface area contributed by atoms with Crippen molar-refractivity contribution in [1.82, 2.24) is 0 Å². The fourth-order valence-corrected chi connectivity index (χ4v) is 7.26. The molecule has 0 saturated carbocycles. The lowest BCUT2D eigenvalue weighted by molar-refractivity contribution is -0.346. The van der Waals surface area contributed by atoms with E-state index in [0.29, 0.717) is 25.7 Å². The van der Waals surface area contributed by atoms with Gasteiger partial charge in [-0.1, -0.05) is 18.0 Å². The van der Waals surface area contributed by atoms with Crippen LogP contribution < -0.4 is 0 Å². The van der Waals surface area contributed by atoms with Gasteiger partial charge in [0, 0.05) is 80.4 Å². The lowest BCUT2D eigenvalue weighted by Crippen LogP contribution is -2.65. The zero-order valence-electron chi connectivity index (χ0n) is 39.1. The van der Waals surface area contributed by atoms with Crippen molar-refractivity contribution in [2.45, 2.75) is 174 Å². The summed E-state index contributed by atoms with van der Waals surface area (Å²) in [4.78, 5) is 114. The zero-order valence-corrected chi connectivity index (χ0v) is 39.1. The number of carbonyl (C=O) groups excluding carboxylic acids is 9. The van der Waals surface area contributed by atoms with Gasteiger partial charge >= 0.3 is 53.7 Å². The average molecular weight is 978 g/mol. The Balaban J connectivity index is 2.25. The molecule has 3 fully saturated rings. The highest BCUT2D eigenvalue weighted by molar-refractivity contribution is 5.70. The first-order valence-electron chi connectivity index (χ1n) is 21.4. The van der Waals surface area contributed by atoms with E-state index in [4.69, 9.17) is 76.6 Å². The Morgan fingerprint density at radius 3 is 1.13 bits per heavy atom. The van der Waals surface area contributed by atoms with Crippen molar-refractivity contribution >= 4 is 53.7 Å². The molecule has 14 atom stereocenters. The molecule has 0 bridgehead atoms. The average Bonchev–Trinajstić information content (AvgIpc) is 3.54.